The van der Waals surface area contributed by atoms with Crippen molar-refractivity contribution in [3.63, 3.8) is 0 Å². The van der Waals surface area contributed by atoms with Gasteiger partial charge in [-0.1, -0.05) is 68.3 Å². The Morgan fingerprint density at radius 3 is 2.57 bits per heavy atom. The predicted octanol–water partition coefficient (Wildman–Crippen LogP) is 6.39. The molecule has 1 aliphatic rings. The molecule has 1 aliphatic carbocycles. The lowest BCUT2D eigenvalue weighted by Crippen LogP contribution is -2.23. The SMILES string of the molecule is CCCNC(CCC1CCCCC1)c1ccc(Cl)c(Cl)c1. The fourth-order valence-electron chi connectivity index (χ4n) is 3.31. The van der Waals surface area contributed by atoms with Crippen molar-refractivity contribution in [1.82, 2.24) is 5.32 Å². The Hall–Kier alpha value is -0.240. The molecular formula is C18H27Cl2N. The summed E-state index contributed by atoms with van der Waals surface area (Å²) < 4.78 is 0. The number of halogens is 2. The Labute approximate surface area is 139 Å². The van der Waals surface area contributed by atoms with Gasteiger partial charge in [-0.05, 0) is 49.4 Å². The Kier molecular flexibility index (Phi) is 7.36. The summed E-state index contributed by atoms with van der Waals surface area (Å²) in [5, 5.41) is 4.97. The standard InChI is InChI=1S/C18H27Cl2N/c1-2-12-21-18(11-8-14-6-4-3-5-7-14)15-9-10-16(19)17(20)13-15/h9-10,13-14,18,21H,2-8,11-12H2,1H3. The Bertz CT molecular complexity index is 427. The number of benzene rings is 1. The summed E-state index contributed by atoms with van der Waals surface area (Å²) in [6.07, 6.45) is 10.8. The zero-order valence-electron chi connectivity index (χ0n) is 13.0. The fraction of sp³-hybridized carbons (Fsp3) is 0.667. The van der Waals surface area contributed by atoms with Gasteiger partial charge < -0.3 is 5.32 Å². The molecule has 0 saturated heterocycles. The maximum Gasteiger partial charge on any atom is 0.0595 e. The van der Waals surface area contributed by atoms with Crippen molar-refractivity contribution in [3.8, 4) is 0 Å². The van der Waals surface area contributed by atoms with Crippen LogP contribution in [0, 0.1) is 5.92 Å². The van der Waals surface area contributed by atoms with Gasteiger partial charge in [0.05, 0.1) is 10.0 Å². The van der Waals surface area contributed by atoms with Gasteiger partial charge in [-0.2, -0.15) is 0 Å². The zero-order valence-corrected chi connectivity index (χ0v) is 14.5. The third kappa shape index (κ3) is 5.47. The number of hydrogen-bond acceptors (Lipinski definition) is 1. The van der Waals surface area contributed by atoms with Gasteiger partial charge in [0.1, 0.15) is 0 Å². The van der Waals surface area contributed by atoms with Crippen LogP contribution in [0.15, 0.2) is 18.2 Å². The van der Waals surface area contributed by atoms with Crippen LogP contribution in [0.5, 0.6) is 0 Å². The first-order valence-corrected chi connectivity index (χ1v) is 9.14. The molecule has 0 aromatic heterocycles. The van der Waals surface area contributed by atoms with Crippen LogP contribution in [0.3, 0.4) is 0 Å². The first-order valence-electron chi connectivity index (χ1n) is 8.39. The van der Waals surface area contributed by atoms with Crippen molar-refractivity contribution < 1.29 is 0 Å². The Morgan fingerprint density at radius 1 is 1.14 bits per heavy atom. The molecule has 1 N–H and O–H groups in total. The second-order valence-corrected chi connectivity index (χ2v) is 7.08. The van der Waals surface area contributed by atoms with E-state index in [2.05, 4.69) is 18.3 Å². The molecule has 1 aromatic carbocycles. The van der Waals surface area contributed by atoms with E-state index in [1.54, 1.807) is 0 Å². The van der Waals surface area contributed by atoms with Crippen molar-refractivity contribution in [3.05, 3.63) is 33.8 Å². The number of hydrogen-bond donors (Lipinski definition) is 1. The third-order valence-corrected chi connectivity index (χ3v) is 5.31. The largest absolute Gasteiger partial charge is 0.310 e. The summed E-state index contributed by atoms with van der Waals surface area (Å²) in [7, 11) is 0. The van der Waals surface area contributed by atoms with E-state index in [9.17, 15) is 0 Å². The van der Waals surface area contributed by atoms with Gasteiger partial charge in [0.25, 0.3) is 0 Å². The summed E-state index contributed by atoms with van der Waals surface area (Å²) in [6.45, 7) is 3.26. The van der Waals surface area contributed by atoms with E-state index in [1.165, 1.54) is 50.5 Å². The summed E-state index contributed by atoms with van der Waals surface area (Å²) in [6, 6.07) is 6.46. The van der Waals surface area contributed by atoms with Gasteiger partial charge in [-0.3, -0.25) is 0 Å². The molecule has 0 spiro atoms. The van der Waals surface area contributed by atoms with E-state index in [1.807, 2.05) is 12.1 Å². The monoisotopic (exact) mass is 327 g/mol. The van der Waals surface area contributed by atoms with Crippen LogP contribution >= 0.6 is 23.2 Å². The second-order valence-electron chi connectivity index (χ2n) is 6.26. The minimum atomic E-state index is 0.404. The molecule has 1 atom stereocenters. The molecule has 0 bridgehead atoms. The zero-order chi connectivity index (χ0) is 15.1. The first-order chi connectivity index (χ1) is 10.2. The average Bonchev–Trinajstić information content (AvgIpc) is 2.51. The molecule has 0 heterocycles. The van der Waals surface area contributed by atoms with Crippen LogP contribution in [0.25, 0.3) is 0 Å². The highest BCUT2D eigenvalue weighted by Gasteiger charge is 2.17. The molecule has 1 fully saturated rings. The molecule has 3 heteroatoms. The fourth-order valence-corrected chi connectivity index (χ4v) is 3.62. The summed E-state index contributed by atoms with van der Waals surface area (Å²) in [4.78, 5) is 0. The van der Waals surface area contributed by atoms with Gasteiger partial charge >= 0.3 is 0 Å². The average molecular weight is 328 g/mol. The van der Waals surface area contributed by atoms with Crippen molar-refractivity contribution in [2.75, 3.05) is 6.54 Å². The second kappa shape index (κ2) is 9.02. The van der Waals surface area contributed by atoms with E-state index in [4.69, 9.17) is 23.2 Å². The Balaban J connectivity index is 1.97. The van der Waals surface area contributed by atoms with E-state index < -0.39 is 0 Å². The van der Waals surface area contributed by atoms with Gasteiger partial charge in [-0.25, -0.2) is 0 Å². The molecule has 2 rings (SSSR count). The highest BCUT2D eigenvalue weighted by molar-refractivity contribution is 6.42. The molecule has 1 saturated carbocycles. The van der Waals surface area contributed by atoms with Crippen molar-refractivity contribution >= 4 is 23.2 Å². The van der Waals surface area contributed by atoms with Gasteiger partial charge in [0.2, 0.25) is 0 Å². The van der Waals surface area contributed by atoms with Gasteiger partial charge in [-0.15, -0.1) is 0 Å². The van der Waals surface area contributed by atoms with Crippen molar-refractivity contribution in [2.45, 2.75) is 64.3 Å². The molecule has 21 heavy (non-hydrogen) atoms. The molecular weight excluding hydrogens is 301 g/mol. The smallest absolute Gasteiger partial charge is 0.0595 e. The minimum Gasteiger partial charge on any atom is -0.310 e. The molecule has 0 aliphatic heterocycles. The molecule has 1 unspecified atom stereocenters. The summed E-state index contributed by atoms with van der Waals surface area (Å²) >= 11 is 12.2. The normalized spacial score (nSPS) is 17.9. The molecule has 118 valence electrons. The summed E-state index contributed by atoms with van der Waals surface area (Å²) in [5.41, 5.74) is 1.27. The van der Waals surface area contributed by atoms with Crippen LogP contribution in [0.4, 0.5) is 0 Å². The minimum absolute atomic E-state index is 0.404. The lowest BCUT2D eigenvalue weighted by atomic mass is 9.84. The molecule has 1 nitrogen and oxygen atoms in total. The van der Waals surface area contributed by atoms with E-state index >= 15 is 0 Å². The maximum absolute atomic E-state index is 6.18. The van der Waals surface area contributed by atoms with Crippen LogP contribution in [0.2, 0.25) is 10.0 Å². The highest BCUT2D eigenvalue weighted by atomic mass is 35.5. The first kappa shape index (κ1) is 17.1. The van der Waals surface area contributed by atoms with E-state index in [-0.39, 0.29) is 0 Å². The summed E-state index contributed by atoms with van der Waals surface area (Å²) in [5.74, 6) is 0.924. The van der Waals surface area contributed by atoms with Gasteiger partial charge in [0, 0.05) is 6.04 Å². The van der Waals surface area contributed by atoms with Crippen LogP contribution in [-0.2, 0) is 0 Å². The van der Waals surface area contributed by atoms with Gasteiger partial charge in [0.15, 0.2) is 0 Å². The van der Waals surface area contributed by atoms with Crippen molar-refractivity contribution in [2.24, 2.45) is 5.92 Å². The van der Waals surface area contributed by atoms with E-state index in [0.717, 1.165) is 18.9 Å². The number of rotatable bonds is 7. The van der Waals surface area contributed by atoms with E-state index in [0.29, 0.717) is 16.1 Å². The molecule has 0 amide bonds. The molecule has 0 radical (unpaired) electrons. The Morgan fingerprint density at radius 2 is 1.90 bits per heavy atom. The maximum atomic E-state index is 6.18. The quantitative estimate of drug-likeness (QED) is 0.611. The van der Waals surface area contributed by atoms with Crippen LogP contribution in [0.1, 0.15) is 69.9 Å². The van der Waals surface area contributed by atoms with Crippen LogP contribution < -0.4 is 5.32 Å². The topological polar surface area (TPSA) is 12.0 Å². The molecule has 1 aromatic rings. The number of nitrogens with one attached hydrogen (secondary N) is 1. The highest BCUT2D eigenvalue weighted by Crippen LogP contribution is 2.32. The van der Waals surface area contributed by atoms with Crippen molar-refractivity contribution in [1.29, 1.82) is 0 Å². The lowest BCUT2D eigenvalue weighted by molar-refractivity contribution is 0.314. The third-order valence-electron chi connectivity index (χ3n) is 4.58. The van der Waals surface area contributed by atoms with Crippen LogP contribution in [-0.4, -0.2) is 6.54 Å². The lowest BCUT2D eigenvalue weighted by Gasteiger charge is -2.25. The predicted molar refractivity (Wildman–Crippen MR) is 93.3 cm³/mol.